The van der Waals surface area contributed by atoms with Gasteiger partial charge in [0.2, 0.25) is 0 Å². The van der Waals surface area contributed by atoms with E-state index >= 15 is 0 Å². The number of carbonyl (C=O) groups excluding carboxylic acids is 2. The number of amides is 2. The third-order valence-corrected chi connectivity index (χ3v) is 4.97. The quantitative estimate of drug-likeness (QED) is 0.346. The summed E-state index contributed by atoms with van der Waals surface area (Å²) < 4.78 is 6.47. The molecule has 3 aromatic carbocycles. The molecule has 6 nitrogen and oxygen atoms in total. The minimum absolute atomic E-state index is 0.173. The van der Waals surface area contributed by atoms with Crippen LogP contribution in [0.25, 0.3) is 0 Å². The summed E-state index contributed by atoms with van der Waals surface area (Å²) in [6.07, 6.45) is 1.45. The van der Waals surface area contributed by atoms with Crippen LogP contribution in [0.15, 0.2) is 76.3 Å². The van der Waals surface area contributed by atoms with Crippen molar-refractivity contribution in [2.75, 3.05) is 11.9 Å². The molecule has 0 heterocycles. The number of halogens is 2. The van der Waals surface area contributed by atoms with Crippen LogP contribution < -0.4 is 15.5 Å². The van der Waals surface area contributed by atoms with E-state index < -0.39 is 0 Å². The first-order valence-electron chi connectivity index (χ1n) is 9.29. The van der Waals surface area contributed by atoms with Gasteiger partial charge in [0, 0.05) is 26.3 Å². The monoisotopic (exact) mass is 499 g/mol. The Kier molecular flexibility index (Phi) is 7.81. The lowest BCUT2D eigenvalue weighted by molar-refractivity contribution is -0.118. The van der Waals surface area contributed by atoms with Gasteiger partial charge < -0.3 is 10.1 Å². The van der Waals surface area contributed by atoms with Gasteiger partial charge >= 0.3 is 0 Å². The molecule has 3 rings (SSSR count). The molecule has 8 heteroatoms. The lowest BCUT2D eigenvalue weighted by atomic mass is 10.2. The highest BCUT2D eigenvalue weighted by Gasteiger charge is 2.09. The number of rotatable bonds is 7. The maximum absolute atomic E-state index is 12.3. The second kappa shape index (κ2) is 10.7. The number of hydrogen-bond donors (Lipinski definition) is 2. The number of nitrogens with one attached hydrogen (secondary N) is 2. The number of nitrogens with zero attached hydrogens (tertiary/aromatic N) is 1. The molecule has 0 aliphatic rings. The Labute approximate surface area is 193 Å². The number of hydrogen-bond acceptors (Lipinski definition) is 4. The molecule has 31 heavy (non-hydrogen) atoms. The Balaban J connectivity index is 1.62. The minimum Gasteiger partial charge on any atom is -0.483 e. The number of benzene rings is 3. The Morgan fingerprint density at radius 3 is 2.58 bits per heavy atom. The summed E-state index contributed by atoms with van der Waals surface area (Å²) in [5.74, 6) is -0.202. The number of anilines is 1. The van der Waals surface area contributed by atoms with Crippen LogP contribution in [-0.4, -0.2) is 24.6 Å². The highest BCUT2D eigenvalue weighted by Crippen LogP contribution is 2.22. The average Bonchev–Trinajstić information content (AvgIpc) is 2.75. The van der Waals surface area contributed by atoms with E-state index in [4.69, 9.17) is 16.3 Å². The molecule has 0 bridgehead atoms. The van der Waals surface area contributed by atoms with Crippen molar-refractivity contribution in [2.45, 2.75) is 6.92 Å². The second-order valence-corrected chi connectivity index (χ2v) is 7.89. The SMILES string of the molecule is Cc1ccccc1NC(=O)COc1ccc(Br)cc1/C=N/NC(=O)c1ccc(Cl)cc1. The van der Waals surface area contributed by atoms with E-state index in [9.17, 15) is 9.59 Å². The van der Waals surface area contributed by atoms with Crippen LogP contribution in [0.1, 0.15) is 21.5 Å². The molecule has 3 aromatic rings. The molecule has 2 amide bonds. The molecule has 0 unspecified atom stereocenters. The Morgan fingerprint density at radius 2 is 1.84 bits per heavy atom. The van der Waals surface area contributed by atoms with E-state index in [2.05, 4.69) is 31.8 Å². The van der Waals surface area contributed by atoms with Crippen molar-refractivity contribution in [1.82, 2.24) is 5.43 Å². The van der Waals surface area contributed by atoms with E-state index in [1.165, 1.54) is 6.21 Å². The van der Waals surface area contributed by atoms with Crippen LogP contribution in [0.2, 0.25) is 5.02 Å². The molecule has 0 aliphatic carbocycles. The van der Waals surface area contributed by atoms with Crippen LogP contribution >= 0.6 is 27.5 Å². The molecule has 0 spiro atoms. The largest absolute Gasteiger partial charge is 0.483 e. The molecule has 0 radical (unpaired) electrons. The summed E-state index contributed by atoms with van der Waals surface area (Å²) in [4.78, 5) is 24.4. The third kappa shape index (κ3) is 6.67. The molecular formula is C23H19BrClN3O3. The number of carbonyl (C=O) groups is 2. The van der Waals surface area contributed by atoms with Gasteiger partial charge in [-0.25, -0.2) is 5.43 Å². The lowest BCUT2D eigenvalue weighted by Crippen LogP contribution is -2.21. The summed E-state index contributed by atoms with van der Waals surface area (Å²) >= 11 is 9.23. The van der Waals surface area contributed by atoms with Gasteiger partial charge in [0.25, 0.3) is 11.8 Å². The molecule has 0 saturated heterocycles. The third-order valence-electron chi connectivity index (χ3n) is 4.23. The fourth-order valence-corrected chi connectivity index (χ4v) is 3.13. The van der Waals surface area contributed by atoms with Crippen LogP contribution in [-0.2, 0) is 4.79 Å². The Hall–Kier alpha value is -3.16. The molecule has 2 N–H and O–H groups in total. The molecule has 0 aromatic heterocycles. The van der Waals surface area contributed by atoms with Crippen molar-refractivity contribution in [2.24, 2.45) is 5.10 Å². The van der Waals surface area contributed by atoms with Crippen molar-refractivity contribution < 1.29 is 14.3 Å². The van der Waals surface area contributed by atoms with Gasteiger partial charge in [0.05, 0.1) is 6.21 Å². The normalized spacial score (nSPS) is 10.7. The zero-order valence-corrected chi connectivity index (χ0v) is 18.9. The standard InChI is InChI=1S/C23H19BrClN3O3/c1-15-4-2-3-5-20(15)27-22(29)14-31-21-11-8-18(24)12-17(21)13-26-28-23(30)16-6-9-19(25)10-7-16/h2-13H,14H2,1H3,(H,27,29)(H,28,30)/b26-13+. The van der Waals surface area contributed by atoms with E-state index in [-0.39, 0.29) is 18.4 Å². The first-order chi connectivity index (χ1) is 14.9. The van der Waals surface area contributed by atoms with Crippen molar-refractivity contribution in [3.8, 4) is 5.75 Å². The van der Waals surface area contributed by atoms with Crippen molar-refractivity contribution >= 4 is 51.2 Å². The number of hydrazone groups is 1. The zero-order valence-electron chi connectivity index (χ0n) is 16.6. The van der Waals surface area contributed by atoms with Crippen LogP contribution in [0.4, 0.5) is 5.69 Å². The molecule has 0 fully saturated rings. The van der Waals surface area contributed by atoms with Gasteiger partial charge in [-0.05, 0) is 61.0 Å². The fraction of sp³-hybridized carbons (Fsp3) is 0.0870. The molecule has 0 saturated carbocycles. The molecular weight excluding hydrogens is 482 g/mol. The first-order valence-corrected chi connectivity index (χ1v) is 10.5. The van der Waals surface area contributed by atoms with Crippen LogP contribution in [0.3, 0.4) is 0 Å². The van der Waals surface area contributed by atoms with Gasteiger partial charge in [-0.15, -0.1) is 0 Å². The van der Waals surface area contributed by atoms with Gasteiger partial charge in [0.15, 0.2) is 6.61 Å². The maximum Gasteiger partial charge on any atom is 0.271 e. The van der Waals surface area contributed by atoms with E-state index in [1.807, 2.05) is 31.2 Å². The predicted octanol–water partition coefficient (Wildman–Crippen LogP) is 5.19. The smallest absolute Gasteiger partial charge is 0.271 e. The van der Waals surface area contributed by atoms with Crippen LogP contribution in [0, 0.1) is 6.92 Å². The first kappa shape index (κ1) is 22.5. The zero-order chi connectivity index (χ0) is 22.2. The summed E-state index contributed by atoms with van der Waals surface area (Å²) in [5, 5.41) is 7.35. The topological polar surface area (TPSA) is 79.8 Å². The summed E-state index contributed by atoms with van der Waals surface area (Å²) in [7, 11) is 0. The summed E-state index contributed by atoms with van der Waals surface area (Å²) in [6.45, 7) is 1.74. The summed E-state index contributed by atoms with van der Waals surface area (Å²) in [5.41, 5.74) is 5.17. The van der Waals surface area contributed by atoms with Gasteiger partial charge in [-0.2, -0.15) is 5.10 Å². The van der Waals surface area contributed by atoms with E-state index in [0.717, 1.165) is 15.7 Å². The number of aryl methyl sites for hydroxylation is 1. The molecule has 0 atom stereocenters. The van der Waals surface area contributed by atoms with E-state index in [1.54, 1.807) is 42.5 Å². The predicted molar refractivity (Wildman–Crippen MR) is 126 cm³/mol. The molecule has 0 aliphatic heterocycles. The van der Waals surface area contributed by atoms with Crippen molar-refractivity contribution in [3.63, 3.8) is 0 Å². The maximum atomic E-state index is 12.3. The number of para-hydroxylation sites is 1. The van der Waals surface area contributed by atoms with Crippen molar-refractivity contribution in [1.29, 1.82) is 0 Å². The van der Waals surface area contributed by atoms with Gasteiger partial charge in [-0.3, -0.25) is 9.59 Å². The van der Waals surface area contributed by atoms with Gasteiger partial charge in [0.1, 0.15) is 5.75 Å². The highest BCUT2D eigenvalue weighted by atomic mass is 79.9. The molecule has 158 valence electrons. The lowest BCUT2D eigenvalue weighted by Gasteiger charge is -2.11. The second-order valence-electron chi connectivity index (χ2n) is 6.54. The van der Waals surface area contributed by atoms with E-state index in [0.29, 0.717) is 21.9 Å². The Morgan fingerprint density at radius 1 is 1.10 bits per heavy atom. The minimum atomic E-state index is -0.372. The fourth-order valence-electron chi connectivity index (χ4n) is 2.62. The average molecular weight is 501 g/mol. The highest BCUT2D eigenvalue weighted by molar-refractivity contribution is 9.10. The van der Waals surface area contributed by atoms with Gasteiger partial charge in [-0.1, -0.05) is 45.7 Å². The Bertz CT molecular complexity index is 1120. The van der Waals surface area contributed by atoms with Crippen LogP contribution in [0.5, 0.6) is 5.75 Å². The summed E-state index contributed by atoms with van der Waals surface area (Å²) in [6, 6.07) is 19.2. The number of ether oxygens (including phenoxy) is 1. The van der Waals surface area contributed by atoms with Crippen molar-refractivity contribution in [3.05, 3.63) is 92.9 Å².